The summed E-state index contributed by atoms with van der Waals surface area (Å²) in [6.45, 7) is 0.944. The zero-order chi connectivity index (χ0) is 36.2. The molecule has 0 saturated carbocycles. The number of unbranched alkanes of at least 4 members (excludes halogenated alkanes) is 12. The number of aliphatic hydroxyl groups excluding tert-OH is 1. The van der Waals surface area contributed by atoms with E-state index in [4.69, 9.17) is 19.5 Å². The lowest BCUT2D eigenvalue weighted by atomic mass is 10.0. The monoisotopic (exact) mass is 697 g/mol. The number of para-hydroxylation sites is 1. The summed E-state index contributed by atoms with van der Waals surface area (Å²) >= 11 is 0. The number of hydrogen-bond acceptors (Lipinski definition) is 9. The van der Waals surface area contributed by atoms with Crippen LogP contribution in [-0.2, 0) is 14.3 Å². The van der Waals surface area contributed by atoms with Crippen LogP contribution in [0, 0.1) is 17.2 Å². The molecule has 0 amide bonds. The van der Waals surface area contributed by atoms with Crippen molar-refractivity contribution < 1.29 is 28.9 Å². The maximum absolute atomic E-state index is 12.2. The number of esters is 2. The quantitative estimate of drug-likeness (QED) is 0.0363. The van der Waals surface area contributed by atoms with Gasteiger partial charge in [-0.1, -0.05) is 88.8 Å². The Kier molecular flexibility index (Phi) is 21.1. The molecule has 0 radical (unpaired) electrons. The van der Waals surface area contributed by atoms with Gasteiger partial charge in [0.2, 0.25) is 0 Å². The van der Waals surface area contributed by atoms with Crippen molar-refractivity contribution in [3.63, 3.8) is 0 Å². The molecule has 0 aliphatic heterocycles. The van der Waals surface area contributed by atoms with Crippen LogP contribution in [0.15, 0.2) is 89.1 Å². The summed E-state index contributed by atoms with van der Waals surface area (Å²) in [5.74, 6) is 1.05. The van der Waals surface area contributed by atoms with Gasteiger partial charge in [-0.2, -0.15) is 15.5 Å². The molecule has 274 valence electrons. The largest absolute Gasteiger partial charge is 0.494 e. The van der Waals surface area contributed by atoms with Crippen molar-refractivity contribution in [1.82, 2.24) is 0 Å². The first kappa shape index (κ1) is 40.9. The Hall–Kier alpha value is -4.55. The van der Waals surface area contributed by atoms with Crippen molar-refractivity contribution in [3.05, 3.63) is 84.4 Å². The van der Waals surface area contributed by atoms with E-state index in [0.717, 1.165) is 82.1 Å². The molecular formula is C42H55N3O6. The van der Waals surface area contributed by atoms with E-state index in [2.05, 4.69) is 16.3 Å². The van der Waals surface area contributed by atoms with E-state index in [-0.39, 0.29) is 31.1 Å². The first-order valence-corrected chi connectivity index (χ1v) is 18.7. The molecule has 0 saturated heterocycles. The zero-order valence-corrected chi connectivity index (χ0v) is 30.1. The van der Waals surface area contributed by atoms with Crippen LogP contribution in [0.5, 0.6) is 11.5 Å². The van der Waals surface area contributed by atoms with Crippen molar-refractivity contribution >= 4 is 23.3 Å². The molecule has 1 unspecified atom stereocenters. The van der Waals surface area contributed by atoms with Gasteiger partial charge < -0.3 is 19.3 Å². The molecule has 1 N–H and O–H groups in total. The second-order valence-electron chi connectivity index (χ2n) is 13.0. The SMILES string of the molecule is N#Cc1ccc(N=Nc2ccc(OCCCCCCC(CO)COC(=O)CCCCCCCCCCCCC(=O)Oc3ccccc3)cc2)cc1. The number of rotatable bonds is 27. The van der Waals surface area contributed by atoms with Gasteiger partial charge in [-0.05, 0) is 86.3 Å². The topological polar surface area (TPSA) is 131 Å². The van der Waals surface area contributed by atoms with E-state index < -0.39 is 0 Å². The lowest BCUT2D eigenvalue weighted by Crippen LogP contribution is -2.17. The fourth-order valence-corrected chi connectivity index (χ4v) is 5.54. The Morgan fingerprint density at radius 3 is 1.75 bits per heavy atom. The molecule has 0 fully saturated rings. The summed E-state index contributed by atoms with van der Waals surface area (Å²) in [4.78, 5) is 24.1. The van der Waals surface area contributed by atoms with Gasteiger partial charge in [0, 0.05) is 25.4 Å². The van der Waals surface area contributed by atoms with Crippen LogP contribution in [0.2, 0.25) is 0 Å². The zero-order valence-electron chi connectivity index (χ0n) is 30.1. The highest BCUT2D eigenvalue weighted by atomic mass is 16.5. The van der Waals surface area contributed by atoms with E-state index in [0.29, 0.717) is 36.4 Å². The molecule has 0 heterocycles. The highest BCUT2D eigenvalue weighted by molar-refractivity contribution is 5.72. The summed E-state index contributed by atoms with van der Waals surface area (Å²) in [5.41, 5.74) is 2.00. The van der Waals surface area contributed by atoms with E-state index in [1.807, 2.05) is 42.5 Å². The highest BCUT2D eigenvalue weighted by Gasteiger charge is 2.11. The summed E-state index contributed by atoms with van der Waals surface area (Å²) in [6.07, 6.45) is 16.6. The second kappa shape index (κ2) is 26.3. The molecule has 9 nitrogen and oxygen atoms in total. The van der Waals surface area contributed by atoms with Gasteiger partial charge in [0.25, 0.3) is 0 Å². The number of aliphatic hydroxyl groups is 1. The lowest BCUT2D eigenvalue weighted by Gasteiger charge is -2.14. The fraction of sp³-hybridized carbons (Fsp3) is 0.500. The molecule has 3 rings (SSSR count). The first-order chi connectivity index (χ1) is 25.1. The third kappa shape index (κ3) is 19.4. The standard InChI is InChI=1S/C42H55N3O6/c43-32-35-23-25-37(26-24-35)44-45-38-27-29-39(30-28-38)49-31-17-10-9-12-18-36(33-46)34-50-41(47)21-15-7-5-3-1-2-4-6-8-16-22-42(48)51-40-19-13-11-14-20-40/h11,13-14,19-20,23-30,36,46H,1-10,12,15-18,21-22,31,33-34H2. The third-order valence-electron chi connectivity index (χ3n) is 8.61. The van der Waals surface area contributed by atoms with Gasteiger partial charge in [0.05, 0.1) is 36.2 Å². The van der Waals surface area contributed by atoms with Crippen molar-refractivity contribution in [2.24, 2.45) is 16.1 Å². The Labute approximate surface area is 304 Å². The van der Waals surface area contributed by atoms with Crippen LogP contribution in [0.25, 0.3) is 0 Å². The minimum absolute atomic E-state index is 0.0131. The highest BCUT2D eigenvalue weighted by Crippen LogP contribution is 2.22. The first-order valence-electron chi connectivity index (χ1n) is 18.7. The van der Waals surface area contributed by atoms with Crippen molar-refractivity contribution in [2.75, 3.05) is 19.8 Å². The number of nitriles is 1. The van der Waals surface area contributed by atoms with Crippen molar-refractivity contribution in [1.29, 1.82) is 5.26 Å². The predicted octanol–water partition coefficient (Wildman–Crippen LogP) is 10.7. The minimum Gasteiger partial charge on any atom is -0.494 e. The van der Waals surface area contributed by atoms with E-state index in [1.165, 1.54) is 25.7 Å². The Morgan fingerprint density at radius 1 is 0.627 bits per heavy atom. The summed E-state index contributed by atoms with van der Waals surface area (Å²) in [6, 6.07) is 25.7. The number of benzene rings is 3. The smallest absolute Gasteiger partial charge is 0.311 e. The predicted molar refractivity (Wildman–Crippen MR) is 199 cm³/mol. The molecule has 0 spiro atoms. The average molecular weight is 698 g/mol. The summed E-state index contributed by atoms with van der Waals surface area (Å²) in [7, 11) is 0. The van der Waals surface area contributed by atoms with Gasteiger partial charge in [0.15, 0.2) is 0 Å². The van der Waals surface area contributed by atoms with Gasteiger partial charge >= 0.3 is 11.9 Å². The van der Waals surface area contributed by atoms with Crippen LogP contribution >= 0.6 is 0 Å². The fourth-order valence-electron chi connectivity index (χ4n) is 5.54. The van der Waals surface area contributed by atoms with Gasteiger partial charge in [-0.15, -0.1) is 0 Å². The van der Waals surface area contributed by atoms with Gasteiger partial charge in [-0.25, -0.2) is 0 Å². The molecule has 3 aromatic carbocycles. The average Bonchev–Trinajstić information content (AvgIpc) is 3.16. The Morgan fingerprint density at radius 2 is 1.16 bits per heavy atom. The van der Waals surface area contributed by atoms with Gasteiger partial charge in [0.1, 0.15) is 11.5 Å². The number of hydrogen-bond donors (Lipinski definition) is 1. The summed E-state index contributed by atoms with van der Waals surface area (Å²) in [5, 5.41) is 27.0. The number of carbonyl (C=O) groups excluding carboxylic acids is 2. The number of ether oxygens (including phenoxy) is 3. The Bertz CT molecular complexity index is 1440. The molecule has 9 heteroatoms. The van der Waals surface area contributed by atoms with Gasteiger partial charge in [-0.3, -0.25) is 9.59 Å². The maximum atomic E-state index is 12.2. The van der Waals surface area contributed by atoms with Crippen LogP contribution in [0.1, 0.15) is 115 Å². The molecule has 0 bridgehead atoms. The molecule has 1 atom stereocenters. The maximum Gasteiger partial charge on any atom is 0.311 e. The lowest BCUT2D eigenvalue weighted by molar-refractivity contribution is -0.145. The minimum atomic E-state index is -0.166. The molecule has 0 aliphatic rings. The van der Waals surface area contributed by atoms with Crippen LogP contribution in [0.3, 0.4) is 0 Å². The van der Waals surface area contributed by atoms with Crippen LogP contribution in [-0.4, -0.2) is 36.9 Å². The van der Waals surface area contributed by atoms with Crippen LogP contribution in [0.4, 0.5) is 11.4 Å². The van der Waals surface area contributed by atoms with Crippen molar-refractivity contribution in [3.8, 4) is 17.6 Å². The van der Waals surface area contributed by atoms with Crippen LogP contribution < -0.4 is 9.47 Å². The van der Waals surface area contributed by atoms with E-state index >= 15 is 0 Å². The van der Waals surface area contributed by atoms with E-state index in [1.54, 1.807) is 36.4 Å². The number of azo groups is 1. The molecule has 0 aliphatic carbocycles. The number of carbonyl (C=O) groups is 2. The number of nitrogens with zero attached hydrogens (tertiary/aromatic N) is 3. The molecule has 3 aromatic rings. The third-order valence-corrected chi connectivity index (χ3v) is 8.61. The Balaban J connectivity index is 1.08. The normalized spacial score (nSPS) is 11.6. The van der Waals surface area contributed by atoms with Crippen molar-refractivity contribution in [2.45, 2.75) is 109 Å². The molecule has 0 aromatic heterocycles. The second-order valence-corrected chi connectivity index (χ2v) is 13.0. The molecular weight excluding hydrogens is 642 g/mol. The molecule has 51 heavy (non-hydrogen) atoms. The summed E-state index contributed by atoms with van der Waals surface area (Å²) < 4.78 is 16.6. The van der Waals surface area contributed by atoms with E-state index in [9.17, 15) is 14.7 Å².